The Kier molecular flexibility index (Phi) is 8.59. The highest BCUT2D eigenvalue weighted by molar-refractivity contribution is 6.34. The smallest absolute Gasteiger partial charge is 0.312 e. The molecule has 11 nitrogen and oxygen atoms in total. The van der Waals surface area contributed by atoms with Gasteiger partial charge >= 0.3 is 11.8 Å². The molecule has 2 aliphatic carbocycles. The van der Waals surface area contributed by atoms with E-state index in [1.807, 2.05) is 0 Å². The maximum Gasteiger partial charge on any atom is 0.312 e. The Labute approximate surface area is 250 Å². The molecule has 2 saturated carbocycles. The summed E-state index contributed by atoms with van der Waals surface area (Å²) >= 11 is 6.10. The number of halogens is 2. The third kappa shape index (κ3) is 5.40. The number of hydrogen-bond acceptors (Lipinski definition) is 7. The number of aromatic nitrogens is 2. The van der Waals surface area contributed by atoms with E-state index in [-0.39, 0.29) is 17.8 Å². The van der Waals surface area contributed by atoms with Crippen LogP contribution in [0.3, 0.4) is 0 Å². The summed E-state index contributed by atoms with van der Waals surface area (Å²) < 4.78 is 16.1. The van der Waals surface area contributed by atoms with E-state index in [0.717, 1.165) is 32.5 Å². The minimum Gasteiger partial charge on any atom is -0.501 e. The van der Waals surface area contributed by atoms with Crippen LogP contribution in [-0.4, -0.2) is 106 Å². The van der Waals surface area contributed by atoms with Crippen molar-refractivity contribution in [3.05, 3.63) is 21.9 Å². The Hall–Kier alpha value is -2.73. The summed E-state index contributed by atoms with van der Waals surface area (Å²) in [6, 6.07) is 0. The molecule has 4 heterocycles. The van der Waals surface area contributed by atoms with Crippen LogP contribution in [0.25, 0.3) is 0 Å². The Morgan fingerprint density at radius 3 is 2.40 bits per heavy atom. The molecule has 3 fully saturated rings. The molecule has 2 N–H and O–H groups in total. The number of likely N-dealkylation sites (tertiary alicyclic amines) is 1. The largest absolute Gasteiger partial charge is 0.501 e. The standard InChI is InChI=1S/C29H42ClFN6O5/c1-34(2)25(41)26(42)35(3)29-10-8-28(9-11-29,12-15-36-13-5-14-36)17-37-24(40)22(38)21(33-27(29)37)23(39)32-16-18-6-4-7-19(30)20(18)31/h18-20,38H,4-17H2,1-3H3,(H,32,39). The molecule has 2 bridgehead atoms. The van der Waals surface area contributed by atoms with E-state index in [1.54, 1.807) is 0 Å². The van der Waals surface area contributed by atoms with Crippen LogP contribution in [0.4, 0.5) is 4.39 Å². The van der Waals surface area contributed by atoms with Crippen LogP contribution >= 0.6 is 11.6 Å². The van der Waals surface area contributed by atoms with E-state index in [2.05, 4.69) is 15.2 Å². The van der Waals surface area contributed by atoms with Gasteiger partial charge in [-0.15, -0.1) is 11.6 Å². The minimum absolute atomic E-state index is 0.0107. The first-order valence-electron chi connectivity index (χ1n) is 15.0. The van der Waals surface area contributed by atoms with E-state index in [4.69, 9.17) is 11.6 Å². The van der Waals surface area contributed by atoms with Crippen LogP contribution in [-0.2, 0) is 21.7 Å². The molecule has 6 rings (SSSR count). The van der Waals surface area contributed by atoms with Crippen LogP contribution in [0.2, 0.25) is 0 Å². The first-order chi connectivity index (χ1) is 19.9. The average molecular weight is 609 g/mol. The van der Waals surface area contributed by atoms with Gasteiger partial charge in [0, 0.05) is 40.2 Å². The monoisotopic (exact) mass is 608 g/mol. The summed E-state index contributed by atoms with van der Waals surface area (Å²) in [6.07, 6.45) is 4.92. The van der Waals surface area contributed by atoms with Gasteiger partial charge in [0.1, 0.15) is 17.5 Å². The molecular weight excluding hydrogens is 567 g/mol. The molecule has 42 heavy (non-hydrogen) atoms. The zero-order valence-corrected chi connectivity index (χ0v) is 25.5. The van der Waals surface area contributed by atoms with Gasteiger partial charge in [-0.05, 0) is 76.4 Å². The molecule has 3 unspecified atom stereocenters. The molecule has 3 aliphatic heterocycles. The van der Waals surface area contributed by atoms with Crippen LogP contribution < -0.4 is 10.9 Å². The van der Waals surface area contributed by atoms with Crippen molar-refractivity contribution in [3.63, 3.8) is 0 Å². The van der Waals surface area contributed by atoms with E-state index in [0.29, 0.717) is 45.1 Å². The Balaban J connectivity index is 1.51. The number of amides is 3. The minimum atomic E-state index is -1.28. The lowest BCUT2D eigenvalue weighted by Crippen LogP contribution is -2.54. The van der Waals surface area contributed by atoms with Gasteiger partial charge < -0.3 is 25.1 Å². The number of carbonyl (C=O) groups excluding carboxylic acids is 3. The number of alkyl halides is 2. The van der Waals surface area contributed by atoms with Crippen molar-refractivity contribution in [2.24, 2.45) is 11.3 Å². The number of nitrogens with zero attached hydrogens (tertiary/aromatic N) is 5. The fourth-order valence-corrected chi connectivity index (χ4v) is 7.53. The van der Waals surface area contributed by atoms with Crippen molar-refractivity contribution in [1.82, 2.24) is 29.6 Å². The Morgan fingerprint density at radius 1 is 1.10 bits per heavy atom. The van der Waals surface area contributed by atoms with Crippen LogP contribution in [0, 0.1) is 11.3 Å². The molecule has 0 aromatic carbocycles. The number of aromatic hydroxyl groups is 1. The van der Waals surface area contributed by atoms with Crippen molar-refractivity contribution in [2.75, 3.05) is 47.3 Å². The number of hydrogen-bond donors (Lipinski definition) is 2. The van der Waals surface area contributed by atoms with Crippen LogP contribution in [0.15, 0.2) is 4.79 Å². The van der Waals surface area contributed by atoms with Crippen molar-refractivity contribution < 1.29 is 23.9 Å². The summed E-state index contributed by atoms with van der Waals surface area (Å²) in [4.78, 5) is 62.8. The first-order valence-corrected chi connectivity index (χ1v) is 15.5. The van der Waals surface area contributed by atoms with Gasteiger partial charge in [-0.25, -0.2) is 9.37 Å². The number of fused-ring (bicyclic) bond motifs is 2. The van der Waals surface area contributed by atoms with Crippen molar-refractivity contribution in [2.45, 2.75) is 81.4 Å². The van der Waals surface area contributed by atoms with E-state index >= 15 is 0 Å². The zero-order valence-electron chi connectivity index (χ0n) is 24.7. The van der Waals surface area contributed by atoms with E-state index in [9.17, 15) is 28.7 Å². The van der Waals surface area contributed by atoms with Crippen LogP contribution in [0.1, 0.15) is 74.1 Å². The number of likely N-dealkylation sites (N-methyl/N-ethyl adjacent to an activating group) is 2. The van der Waals surface area contributed by atoms with Gasteiger partial charge in [0.05, 0.1) is 5.38 Å². The molecule has 13 heteroatoms. The number of rotatable bonds is 7. The molecule has 1 aromatic heterocycles. The number of carbonyl (C=O) groups is 3. The Morgan fingerprint density at radius 2 is 1.79 bits per heavy atom. The molecule has 232 valence electrons. The van der Waals surface area contributed by atoms with E-state index < -0.39 is 57.7 Å². The molecule has 3 atom stereocenters. The zero-order chi connectivity index (χ0) is 30.4. The van der Waals surface area contributed by atoms with Crippen molar-refractivity contribution in [1.29, 1.82) is 0 Å². The summed E-state index contributed by atoms with van der Waals surface area (Å²) in [5, 5.41) is 13.0. The Bertz CT molecular complexity index is 1290. The highest BCUT2D eigenvalue weighted by Crippen LogP contribution is 2.53. The highest BCUT2D eigenvalue weighted by Gasteiger charge is 2.54. The third-order valence-corrected chi connectivity index (χ3v) is 10.7. The lowest BCUT2D eigenvalue weighted by Gasteiger charge is -2.47. The second-order valence-corrected chi connectivity index (χ2v) is 13.5. The highest BCUT2D eigenvalue weighted by atomic mass is 35.5. The van der Waals surface area contributed by atoms with Gasteiger partial charge in [0.25, 0.3) is 11.5 Å². The first kappa shape index (κ1) is 30.7. The molecule has 1 aromatic rings. The second-order valence-electron chi connectivity index (χ2n) is 12.9. The van der Waals surface area contributed by atoms with Crippen LogP contribution in [0.5, 0.6) is 5.75 Å². The van der Waals surface area contributed by atoms with Gasteiger partial charge in [-0.1, -0.05) is 6.42 Å². The SMILES string of the molecule is CN(C)C(=O)C(=O)N(C)C12CCC(CCN3CCC3)(CC1)Cn1c2nc(C(=O)NCC2CCCC(Cl)C2F)c(O)c1=O. The third-order valence-electron chi connectivity index (χ3n) is 10.2. The summed E-state index contributed by atoms with van der Waals surface area (Å²) in [7, 11) is 4.54. The summed E-state index contributed by atoms with van der Waals surface area (Å²) in [5.41, 5.74) is -2.59. The summed E-state index contributed by atoms with van der Waals surface area (Å²) in [6.45, 7) is 3.28. The second kappa shape index (κ2) is 11.7. The van der Waals surface area contributed by atoms with Gasteiger partial charge in [0.15, 0.2) is 5.69 Å². The topological polar surface area (TPSA) is 128 Å². The lowest BCUT2D eigenvalue weighted by atomic mass is 9.66. The fraction of sp³-hybridized carbons (Fsp3) is 0.759. The van der Waals surface area contributed by atoms with Crippen molar-refractivity contribution >= 4 is 29.3 Å². The van der Waals surface area contributed by atoms with Gasteiger partial charge in [0.2, 0.25) is 5.75 Å². The maximum atomic E-state index is 14.6. The fourth-order valence-electron chi connectivity index (χ4n) is 7.17. The van der Waals surface area contributed by atoms with Gasteiger partial charge in [-0.3, -0.25) is 23.7 Å². The maximum absolute atomic E-state index is 14.6. The molecule has 3 amide bonds. The molecule has 0 radical (unpaired) electrons. The van der Waals surface area contributed by atoms with E-state index in [1.165, 1.54) is 41.9 Å². The molecule has 5 aliphatic rings. The summed E-state index contributed by atoms with van der Waals surface area (Å²) in [5.74, 6) is -3.30. The average Bonchev–Trinajstić information content (AvgIpc) is 3.17. The molecule has 0 spiro atoms. The predicted octanol–water partition coefficient (Wildman–Crippen LogP) is 1.84. The normalized spacial score (nSPS) is 30.5. The molecular formula is C29H42ClFN6O5. The van der Waals surface area contributed by atoms with Crippen molar-refractivity contribution in [3.8, 4) is 5.75 Å². The quantitative estimate of drug-likeness (QED) is 0.357. The predicted molar refractivity (Wildman–Crippen MR) is 154 cm³/mol. The van der Waals surface area contributed by atoms with Gasteiger partial charge in [-0.2, -0.15) is 0 Å². The molecule has 1 saturated heterocycles. The lowest BCUT2D eigenvalue weighted by molar-refractivity contribution is -0.155. The number of nitrogens with one attached hydrogen (secondary N) is 1.